The lowest BCUT2D eigenvalue weighted by atomic mass is 10.1. The molecule has 3 aromatic heterocycles. The molecule has 1 fully saturated rings. The lowest BCUT2D eigenvalue weighted by Crippen LogP contribution is -2.42. The Balaban J connectivity index is 0.000000948. The van der Waals surface area contributed by atoms with E-state index in [9.17, 15) is 4.79 Å². The minimum Gasteiger partial charge on any atom is -0.348 e. The summed E-state index contributed by atoms with van der Waals surface area (Å²) in [6, 6.07) is 5.82. The van der Waals surface area contributed by atoms with Crippen LogP contribution in [0.5, 0.6) is 0 Å². The molecular weight excluding hydrogens is 346 g/mol. The molecule has 1 N–H and O–H groups in total. The molecule has 0 bridgehead atoms. The highest BCUT2D eigenvalue weighted by Gasteiger charge is 2.26. The van der Waals surface area contributed by atoms with Gasteiger partial charge in [-0.15, -0.1) is 11.3 Å². The number of rotatable bonds is 4. The third-order valence-corrected chi connectivity index (χ3v) is 5.09. The Morgan fingerprint density at radius 1 is 1.27 bits per heavy atom. The molecule has 1 aliphatic heterocycles. The number of fused-ring (bicyclic) bond motifs is 1. The highest BCUT2D eigenvalue weighted by atomic mass is 32.1. The number of nitrogens with one attached hydrogen (secondary N) is 1. The second kappa shape index (κ2) is 8.23. The first kappa shape index (κ1) is 18.3. The minimum atomic E-state index is -0.00631. The summed E-state index contributed by atoms with van der Waals surface area (Å²) in [5, 5.41) is 5.23. The molecule has 1 aliphatic rings. The fourth-order valence-electron chi connectivity index (χ4n) is 2.65. The fraction of sp³-hybridized carbons (Fsp3) is 0.368. The van der Waals surface area contributed by atoms with E-state index in [2.05, 4.69) is 20.3 Å². The number of thiophene rings is 1. The van der Waals surface area contributed by atoms with Crippen molar-refractivity contribution >= 4 is 33.4 Å². The third-order valence-electron chi connectivity index (χ3n) is 4.18. The Hall–Kier alpha value is -2.54. The Morgan fingerprint density at radius 3 is 2.73 bits per heavy atom. The van der Waals surface area contributed by atoms with Crippen LogP contribution in [0, 0.1) is 0 Å². The van der Waals surface area contributed by atoms with Crippen molar-refractivity contribution in [1.29, 1.82) is 0 Å². The van der Waals surface area contributed by atoms with Crippen molar-refractivity contribution in [2.24, 2.45) is 0 Å². The van der Waals surface area contributed by atoms with E-state index in [-0.39, 0.29) is 11.9 Å². The predicted molar refractivity (Wildman–Crippen MR) is 106 cm³/mol. The molecule has 1 amide bonds. The van der Waals surface area contributed by atoms with Gasteiger partial charge in [0.15, 0.2) is 5.69 Å². The van der Waals surface area contributed by atoms with Crippen LogP contribution in [0.15, 0.2) is 36.0 Å². The van der Waals surface area contributed by atoms with Crippen LogP contribution in [0.3, 0.4) is 0 Å². The summed E-state index contributed by atoms with van der Waals surface area (Å²) in [5.41, 5.74) is 2.34. The van der Waals surface area contributed by atoms with E-state index >= 15 is 0 Å². The lowest BCUT2D eigenvalue weighted by Gasteiger charge is -2.30. The van der Waals surface area contributed by atoms with Crippen LogP contribution < -0.4 is 5.32 Å². The van der Waals surface area contributed by atoms with Gasteiger partial charge in [-0.3, -0.25) is 9.78 Å². The van der Waals surface area contributed by atoms with Crippen LogP contribution in [0.4, 0.5) is 5.95 Å². The first-order chi connectivity index (χ1) is 12.7. The molecule has 7 heteroatoms. The summed E-state index contributed by atoms with van der Waals surface area (Å²) < 4.78 is 0.853. The second-order valence-electron chi connectivity index (χ2n) is 5.83. The maximum Gasteiger partial charge on any atom is 0.274 e. The molecule has 1 saturated heterocycles. The second-order valence-corrected chi connectivity index (χ2v) is 6.75. The van der Waals surface area contributed by atoms with Gasteiger partial charge in [0.25, 0.3) is 5.91 Å². The van der Waals surface area contributed by atoms with Gasteiger partial charge in [0, 0.05) is 25.5 Å². The molecule has 0 radical (unpaired) electrons. The van der Waals surface area contributed by atoms with Gasteiger partial charge in [-0.25, -0.2) is 9.97 Å². The fourth-order valence-corrected chi connectivity index (χ4v) is 3.46. The van der Waals surface area contributed by atoms with Crippen LogP contribution in [0.2, 0.25) is 0 Å². The summed E-state index contributed by atoms with van der Waals surface area (Å²) in [4.78, 5) is 27.7. The number of likely N-dealkylation sites (tertiary alicyclic amines) is 1. The van der Waals surface area contributed by atoms with E-state index in [0.717, 1.165) is 35.3 Å². The van der Waals surface area contributed by atoms with E-state index in [1.165, 1.54) is 11.3 Å². The normalized spacial score (nSPS) is 14.2. The van der Waals surface area contributed by atoms with Crippen molar-refractivity contribution in [3.05, 3.63) is 47.2 Å². The van der Waals surface area contributed by atoms with E-state index < -0.39 is 0 Å². The quantitative estimate of drug-likeness (QED) is 0.749. The molecule has 6 nitrogen and oxygen atoms in total. The van der Waals surface area contributed by atoms with Gasteiger partial charge in [0.2, 0.25) is 5.95 Å². The number of aromatic nitrogens is 3. The van der Waals surface area contributed by atoms with Gasteiger partial charge in [-0.1, -0.05) is 19.9 Å². The number of nitrogens with zero attached hydrogens (tertiary/aromatic N) is 4. The van der Waals surface area contributed by atoms with Crippen molar-refractivity contribution < 1.29 is 4.79 Å². The van der Waals surface area contributed by atoms with Crippen LogP contribution >= 0.6 is 11.3 Å². The van der Waals surface area contributed by atoms with Gasteiger partial charge in [-0.2, -0.15) is 0 Å². The first-order valence-electron chi connectivity index (χ1n) is 8.93. The van der Waals surface area contributed by atoms with Crippen molar-refractivity contribution in [2.75, 3.05) is 18.4 Å². The van der Waals surface area contributed by atoms with Gasteiger partial charge in [0.1, 0.15) is 0 Å². The summed E-state index contributed by atoms with van der Waals surface area (Å²) in [6.45, 7) is 7.64. The molecule has 136 valence electrons. The van der Waals surface area contributed by atoms with Crippen LogP contribution in [-0.2, 0) is 0 Å². The van der Waals surface area contributed by atoms with E-state index in [1.54, 1.807) is 6.20 Å². The smallest absolute Gasteiger partial charge is 0.274 e. The molecule has 0 aliphatic carbocycles. The lowest BCUT2D eigenvalue weighted by molar-refractivity contribution is 0.0648. The summed E-state index contributed by atoms with van der Waals surface area (Å²) in [5.74, 6) is 0.467. The Morgan fingerprint density at radius 2 is 2.08 bits per heavy atom. The summed E-state index contributed by atoms with van der Waals surface area (Å²) >= 11 is 1.51. The number of hydrogen-bond donors (Lipinski definition) is 1. The van der Waals surface area contributed by atoms with E-state index in [0.29, 0.717) is 11.6 Å². The standard InChI is InChI=1S/C17H17N5OS.C2H6/c1-11(12-4-2-6-18-10-12)19-17-20-13-5-9-24-15(13)14(21-17)16(23)22-7-3-8-22;1-2/h2,4-6,9-11H,3,7-8H2,1H3,(H,19,20,21);1-2H3. The van der Waals surface area contributed by atoms with E-state index in [4.69, 9.17) is 0 Å². The molecule has 3 aromatic rings. The molecule has 26 heavy (non-hydrogen) atoms. The first-order valence-corrected chi connectivity index (χ1v) is 9.81. The molecule has 4 heterocycles. The maximum absolute atomic E-state index is 12.7. The summed E-state index contributed by atoms with van der Waals surface area (Å²) in [6.07, 6.45) is 4.62. The summed E-state index contributed by atoms with van der Waals surface area (Å²) in [7, 11) is 0. The average molecular weight is 369 g/mol. The van der Waals surface area contributed by atoms with Crippen LogP contribution in [0.25, 0.3) is 10.2 Å². The number of hydrogen-bond acceptors (Lipinski definition) is 6. The third kappa shape index (κ3) is 3.67. The van der Waals surface area contributed by atoms with Gasteiger partial charge < -0.3 is 10.2 Å². The van der Waals surface area contributed by atoms with Gasteiger partial charge >= 0.3 is 0 Å². The number of pyridine rings is 1. The molecular formula is C19H23N5OS. The van der Waals surface area contributed by atoms with E-state index in [1.807, 2.05) is 55.4 Å². The number of amides is 1. The molecule has 0 saturated carbocycles. The van der Waals surface area contributed by atoms with Crippen LogP contribution in [0.1, 0.15) is 49.3 Å². The maximum atomic E-state index is 12.7. The molecule has 0 spiro atoms. The highest BCUT2D eigenvalue weighted by molar-refractivity contribution is 7.17. The van der Waals surface area contributed by atoms with Gasteiger partial charge in [0.05, 0.1) is 16.3 Å². The SMILES string of the molecule is CC.CC(Nc1nc(C(=O)N2CCC2)c2sccc2n1)c1cccnc1. The molecule has 0 aromatic carbocycles. The zero-order chi connectivity index (χ0) is 18.5. The van der Waals surface area contributed by atoms with Gasteiger partial charge in [-0.05, 0) is 36.4 Å². The Bertz CT molecular complexity index is 876. The predicted octanol–water partition coefficient (Wildman–Crippen LogP) is 4.13. The van der Waals surface area contributed by atoms with Crippen molar-refractivity contribution in [2.45, 2.75) is 33.2 Å². The number of carbonyl (C=O) groups excluding carboxylic acids is 1. The minimum absolute atomic E-state index is 0.00162. The van der Waals surface area contributed by atoms with Crippen molar-refractivity contribution in [3.63, 3.8) is 0 Å². The zero-order valence-electron chi connectivity index (χ0n) is 15.3. The monoisotopic (exact) mass is 369 g/mol. The van der Waals surface area contributed by atoms with Crippen molar-refractivity contribution in [3.8, 4) is 0 Å². The number of carbonyl (C=O) groups is 1. The molecule has 1 unspecified atom stereocenters. The Kier molecular flexibility index (Phi) is 5.78. The Labute approximate surface area is 157 Å². The molecule has 1 atom stereocenters. The topological polar surface area (TPSA) is 71.0 Å². The largest absolute Gasteiger partial charge is 0.348 e. The van der Waals surface area contributed by atoms with Crippen LogP contribution in [-0.4, -0.2) is 38.8 Å². The highest BCUT2D eigenvalue weighted by Crippen LogP contribution is 2.27. The number of anilines is 1. The van der Waals surface area contributed by atoms with Crippen molar-refractivity contribution in [1.82, 2.24) is 19.9 Å². The average Bonchev–Trinajstić information content (AvgIpc) is 3.10. The zero-order valence-corrected chi connectivity index (χ0v) is 16.1. The molecule has 4 rings (SSSR count).